The predicted octanol–water partition coefficient (Wildman–Crippen LogP) is 1.10. The fourth-order valence-corrected chi connectivity index (χ4v) is 1.57. The van der Waals surface area contributed by atoms with Gasteiger partial charge in [0.15, 0.2) is 0 Å². The van der Waals surface area contributed by atoms with E-state index in [1.54, 1.807) is 11.3 Å². The van der Waals surface area contributed by atoms with E-state index < -0.39 is 11.4 Å². The first-order valence-corrected chi connectivity index (χ1v) is 4.92. The minimum Gasteiger partial charge on any atom is -0.750 e. The molecule has 0 amide bonds. The molecule has 0 N–H and O–H groups in total. The molecule has 1 unspecified atom stereocenters. The number of hydrogen-bond donors (Lipinski definition) is 0. The third-order valence-corrected chi connectivity index (χ3v) is 2.40. The molecule has 3 nitrogen and oxygen atoms in total. The molecule has 0 spiro atoms. The van der Waals surface area contributed by atoms with Gasteiger partial charge in [-0.2, -0.15) is 0 Å². The molecule has 1 aromatic heterocycles. The molecule has 1 rings (SSSR count). The molecule has 1 atom stereocenters. The fourth-order valence-electron chi connectivity index (χ4n) is 0.665. The smallest absolute Gasteiger partial charge is 0.0842 e. The molecule has 0 saturated heterocycles. The summed E-state index contributed by atoms with van der Waals surface area (Å²) in [6.45, 7) is 0.233. The Morgan fingerprint density at radius 1 is 1.73 bits per heavy atom. The van der Waals surface area contributed by atoms with Crippen molar-refractivity contribution in [1.29, 1.82) is 0 Å². The molecule has 62 valence electrons. The summed E-state index contributed by atoms with van der Waals surface area (Å²) in [4.78, 5) is 1.13. The minimum atomic E-state index is -2.37. The van der Waals surface area contributed by atoms with Crippen LogP contribution in [0.3, 0.4) is 0 Å². The van der Waals surface area contributed by atoms with E-state index >= 15 is 0 Å². The molecule has 0 aliphatic carbocycles. The van der Waals surface area contributed by atoms with Crippen molar-refractivity contribution >= 4 is 22.7 Å². The van der Waals surface area contributed by atoms with Gasteiger partial charge in [-0.3, -0.25) is 0 Å². The van der Waals surface area contributed by atoms with Crippen LogP contribution in [0.1, 0.15) is 4.88 Å². The number of hydrogen-bond acceptors (Lipinski definition) is 4. The van der Waals surface area contributed by atoms with Crippen molar-refractivity contribution in [1.82, 2.24) is 0 Å². The van der Waals surface area contributed by atoms with E-state index in [-0.39, 0.29) is 6.61 Å². The Balaban J connectivity index is 2.19. The maximum atomic E-state index is 9.91. The van der Waals surface area contributed by atoms with Crippen LogP contribution in [0.5, 0.6) is 0 Å². The van der Waals surface area contributed by atoms with Crippen LogP contribution in [-0.4, -0.2) is 15.4 Å². The molecule has 1 heterocycles. The van der Waals surface area contributed by atoms with Gasteiger partial charge < -0.3 is 8.74 Å². The summed E-state index contributed by atoms with van der Waals surface area (Å²) >= 11 is -0.779. The van der Waals surface area contributed by atoms with Crippen LogP contribution < -0.4 is 0 Å². The topological polar surface area (TPSA) is 49.4 Å². The van der Waals surface area contributed by atoms with Crippen LogP contribution in [-0.2, 0) is 22.0 Å². The molecule has 0 aliphatic rings. The quantitative estimate of drug-likeness (QED) is 0.670. The lowest BCUT2D eigenvalue weighted by Gasteiger charge is -2.03. The van der Waals surface area contributed by atoms with Crippen molar-refractivity contribution in [2.24, 2.45) is 0 Å². The molecule has 1 aromatic rings. The monoisotopic (exact) mass is 191 g/mol. The number of thiophene rings is 1. The first-order chi connectivity index (χ1) is 5.29. The highest BCUT2D eigenvalue weighted by atomic mass is 32.2. The van der Waals surface area contributed by atoms with Crippen molar-refractivity contribution in [2.75, 3.05) is 6.61 Å². The highest BCUT2D eigenvalue weighted by Crippen LogP contribution is 2.08. The first-order valence-electron chi connectivity index (χ1n) is 3.04. The van der Waals surface area contributed by atoms with E-state index in [1.165, 1.54) is 0 Å². The Hall–Kier alpha value is -0.230. The summed E-state index contributed by atoms with van der Waals surface area (Å²) in [7, 11) is 0. The second kappa shape index (κ2) is 4.61. The van der Waals surface area contributed by atoms with Gasteiger partial charge in [0, 0.05) is 11.3 Å². The second-order valence-electron chi connectivity index (χ2n) is 1.86. The lowest BCUT2D eigenvalue weighted by Crippen LogP contribution is -1.99. The molecule has 0 bridgehead atoms. The van der Waals surface area contributed by atoms with Crippen LogP contribution in [0.4, 0.5) is 0 Å². The maximum Gasteiger partial charge on any atom is 0.0842 e. The van der Waals surface area contributed by atoms with Crippen LogP contribution in [0.25, 0.3) is 0 Å². The lowest BCUT2D eigenvalue weighted by atomic mass is 10.4. The molecule has 11 heavy (non-hydrogen) atoms. The first kappa shape index (κ1) is 8.86. The van der Waals surface area contributed by atoms with Crippen molar-refractivity contribution in [3.63, 3.8) is 0 Å². The van der Waals surface area contributed by atoms with Gasteiger partial charge in [-0.05, 0) is 11.4 Å². The highest BCUT2D eigenvalue weighted by Gasteiger charge is 1.92. The summed E-state index contributed by atoms with van der Waals surface area (Å²) in [5.74, 6) is 0. The van der Waals surface area contributed by atoms with Gasteiger partial charge >= 0.3 is 0 Å². The maximum absolute atomic E-state index is 9.91. The lowest BCUT2D eigenvalue weighted by molar-refractivity contribution is 0.305. The Morgan fingerprint density at radius 2 is 2.55 bits per heavy atom. The molecule has 5 heteroatoms. The fraction of sp³-hybridized carbons (Fsp3) is 0.333. The van der Waals surface area contributed by atoms with Crippen LogP contribution in [0.2, 0.25) is 0 Å². The summed E-state index contributed by atoms with van der Waals surface area (Å²) < 4.78 is 24.2. The van der Waals surface area contributed by atoms with Gasteiger partial charge in [-0.15, -0.1) is 11.3 Å². The molecule has 0 radical (unpaired) electrons. The zero-order valence-corrected chi connectivity index (χ0v) is 7.32. The minimum absolute atomic E-state index is 0.233. The van der Waals surface area contributed by atoms with Crippen molar-refractivity contribution < 1.29 is 12.9 Å². The zero-order valence-electron chi connectivity index (χ0n) is 5.69. The average molecular weight is 191 g/mol. The van der Waals surface area contributed by atoms with Gasteiger partial charge in [0.1, 0.15) is 0 Å². The van der Waals surface area contributed by atoms with E-state index in [2.05, 4.69) is 4.18 Å². The van der Waals surface area contributed by atoms with Crippen LogP contribution in [0, 0.1) is 0 Å². The molecular formula is C6H7O3S2-. The van der Waals surface area contributed by atoms with E-state index in [9.17, 15) is 8.76 Å². The van der Waals surface area contributed by atoms with Gasteiger partial charge in [0.25, 0.3) is 0 Å². The summed E-state index contributed by atoms with van der Waals surface area (Å²) in [5.41, 5.74) is 0. The van der Waals surface area contributed by atoms with Crippen molar-refractivity contribution in [3.05, 3.63) is 22.4 Å². The third kappa shape index (κ3) is 3.62. The molecule has 0 aromatic carbocycles. The summed E-state index contributed by atoms with van der Waals surface area (Å²) in [6, 6.07) is 3.87. The molecule has 0 aliphatic heterocycles. The summed E-state index contributed by atoms with van der Waals surface area (Å²) in [6.07, 6.45) is 0.658. The SMILES string of the molecule is O=S([O-])OCCc1cccs1. The normalized spacial score (nSPS) is 13.2. The van der Waals surface area contributed by atoms with Gasteiger partial charge in [0.05, 0.1) is 18.0 Å². The Labute approximate surface area is 71.5 Å². The molecule has 0 fully saturated rings. The predicted molar refractivity (Wildman–Crippen MR) is 42.9 cm³/mol. The van der Waals surface area contributed by atoms with E-state index in [0.717, 1.165) is 4.88 Å². The third-order valence-electron chi connectivity index (χ3n) is 1.11. The molecule has 0 saturated carbocycles. The summed E-state index contributed by atoms with van der Waals surface area (Å²) in [5, 5.41) is 1.95. The largest absolute Gasteiger partial charge is 0.750 e. The Kier molecular flexibility index (Phi) is 3.71. The Morgan fingerprint density at radius 3 is 3.09 bits per heavy atom. The number of rotatable bonds is 4. The highest BCUT2D eigenvalue weighted by molar-refractivity contribution is 7.74. The van der Waals surface area contributed by atoms with E-state index in [1.807, 2.05) is 17.5 Å². The zero-order chi connectivity index (χ0) is 8.10. The van der Waals surface area contributed by atoms with Gasteiger partial charge in [-0.1, -0.05) is 6.07 Å². The Bertz CT molecular complexity index is 220. The van der Waals surface area contributed by atoms with E-state index in [0.29, 0.717) is 6.42 Å². The van der Waals surface area contributed by atoms with Crippen LogP contribution >= 0.6 is 11.3 Å². The van der Waals surface area contributed by atoms with Crippen molar-refractivity contribution in [2.45, 2.75) is 6.42 Å². The molecular weight excluding hydrogens is 184 g/mol. The average Bonchev–Trinajstić information content (AvgIpc) is 2.39. The van der Waals surface area contributed by atoms with Crippen molar-refractivity contribution in [3.8, 4) is 0 Å². The second-order valence-corrected chi connectivity index (χ2v) is 3.53. The van der Waals surface area contributed by atoms with Gasteiger partial charge in [-0.25, -0.2) is 4.21 Å². The standard InChI is InChI=1S/C6H8O3S2/c7-11(8)9-4-3-6-2-1-5-10-6/h1-2,5H,3-4H2,(H,7,8)/p-1. The van der Waals surface area contributed by atoms with Crippen LogP contribution in [0.15, 0.2) is 17.5 Å². The van der Waals surface area contributed by atoms with E-state index in [4.69, 9.17) is 0 Å². The van der Waals surface area contributed by atoms with Gasteiger partial charge in [0.2, 0.25) is 0 Å².